The second kappa shape index (κ2) is 3.65. The fourth-order valence-corrected chi connectivity index (χ4v) is 2.89. The normalized spacial score (nSPS) is 21.4. The largest absolute Gasteiger partial charge is 0.477 e. The lowest BCUT2D eigenvalue weighted by Gasteiger charge is -2.03. The molecule has 1 aromatic heterocycles. The Hall–Kier alpha value is -0.970. The van der Waals surface area contributed by atoms with Crippen molar-refractivity contribution in [2.24, 2.45) is 0 Å². The Balaban J connectivity index is 2.37. The zero-order chi connectivity index (χ0) is 10.1. The van der Waals surface area contributed by atoms with Gasteiger partial charge in [0, 0.05) is 11.7 Å². The Labute approximate surface area is 85.7 Å². The number of hydrogen-bond acceptors (Lipinski definition) is 4. The first-order valence-electron chi connectivity index (χ1n) is 4.47. The summed E-state index contributed by atoms with van der Waals surface area (Å²) in [5.74, 6) is 1.86. The predicted octanol–water partition coefficient (Wildman–Crippen LogP) is 1.90. The molecule has 0 bridgehead atoms. The van der Waals surface area contributed by atoms with E-state index in [-0.39, 0.29) is 11.5 Å². The third-order valence-electron chi connectivity index (χ3n) is 2.40. The van der Waals surface area contributed by atoms with Crippen molar-refractivity contribution in [1.82, 2.24) is 5.16 Å². The number of nitrogens with zero attached hydrogens (tertiary/aromatic N) is 1. The summed E-state index contributed by atoms with van der Waals surface area (Å²) in [5, 5.41) is 12.7. The van der Waals surface area contributed by atoms with Gasteiger partial charge in [0.2, 0.25) is 0 Å². The van der Waals surface area contributed by atoms with Crippen LogP contribution in [-0.2, 0) is 0 Å². The van der Waals surface area contributed by atoms with E-state index in [0.29, 0.717) is 11.5 Å². The molecule has 5 heteroatoms. The molecule has 1 aliphatic heterocycles. The van der Waals surface area contributed by atoms with E-state index in [9.17, 15) is 4.79 Å². The lowest BCUT2D eigenvalue weighted by atomic mass is 10.0. The van der Waals surface area contributed by atoms with Gasteiger partial charge in [0.1, 0.15) is 5.56 Å². The minimum Gasteiger partial charge on any atom is -0.477 e. The van der Waals surface area contributed by atoms with E-state index in [4.69, 9.17) is 9.63 Å². The monoisotopic (exact) mass is 213 g/mol. The standard InChI is InChI=1S/C9H11NO3S/c1-5-7(9(11)12)8(13-10-5)6-2-3-14-4-6/h6H,2-4H2,1H3,(H,11,12). The van der Waals surface area contributed by atoms with Crippen LogP contribution in [0, 0.1) is 6.92 Å². The lowest BCUT2D eigenvalue weighted by molar-refractivity contribution is 0.0693. The summed E-state index contributed by atoms with van der Waals surface area (Å²) in [4.78, 5) is 11.0. The van der Waals surface area contributed by atoms with Crippen LogP contribution in [0.25, 0.3) is 0 Å². The zero-order valence-electron chi connectivity index (χ0n) is 7.82. The second-order valence-electron chi connectivity index (χ2n) is 3.37. The van der Waals surface area contributed by atoms with Gasteiger partial charge in [-0.2, -0.15) is 11.8 Å². The molecule has 76 valence electrons. The fourth-order valence-electron chi connectivity index (χ4n) is 1.67. The first kappa shape index (κ1) is 9.58. The number of rotatable bonds is 2. The maximum absolute atomic E-state index is 11.0. The third kappa shape index (κ3) is 1.52. The summed E-state index contributed by atoms with van der Waals surface area (Å²) in [6, 6.07) is 0. The SMILES string of the molecule is Cc1noc(C2CCSC2)c1C(=O)O. The Bertz CT molecular complexity index is 355. The van der Waals surface area contributed by atoms with Crippen LogP contribution in [0.1, 0.15) is 34.2 Å². The van der Waals surface area contributed by atoms with Crippen LogP contribution in [0.2, 0.25) is 0 Å². The summed E-state index contributed by atoms with van der Waals surface area (Å²) in [6.45, 7) is 1.67. The molecule has 1 fully saturated rings. The zero-order valence-corrected chi connectivity index (χ0v) is 8.63. The summed E-state index contributed by atoms with van der Waals surface area (Å²) >= 11 is 1.83. The molecular formula is C9H11NO3S. The topological polar surface area (TPSA) is 63.3 Å². The molecule has 14 heavy (non-hydrogen) atoms. The van der Waals surface area contributed by atoms with Gasteiger partial charge < -0.3 is 9.63 Å². The number of aromatic carboxylic acids is 1. The maximum Gasteiger partial charge on any atom is 0.341 e. The van der Waals surface area contributed by atoms with E-state index in [2.05, 4.69) is 5.16 Å². The van der Waals surface area contributed by atoms with Crippen LogP contribution < -0.4 is 0 Å². The Kier molecular flexibility index (Phi) is 2.50. The van der Waals surface area contributed by atoms with Gasteiger partial charge in [0.05, 0.1) is 5.69 Å². The first-order chi connectivity index (χ1) is 6.70. The molecular weight excluding hydrogens is 202 g/mol. The molecule has 1 unspecified atom stereocenters. The number of aryl methyl sites for hydroxylation is 1. The van der Waals surface area contributed by atoms with Crippen LogP contribution in [0.3, 0.4) is 0 Å². The van der Waals surface area contributed by atoms with Gasteiger partial charge in [0.15, 0.2) is 5.76 Å². The quantitative estimate of drug-likeness (QED) is 0.812. The Morgan fingerprint density at radius 2 is 2.50 bits per heavy atom. The number of thioether (sulfide) groups is 1. The van der Waals surface area contributed by atoms with E-state index >= 15 is 0 Å². The van der Waals surface area contributed by atoms with Gasteiger partial charge in [-0.05, 0) is 19.1 Å². The highest BCUT2D eigenvalue weighted by Gasteiger charge is 2.29. The summed E-state index contributed by atoms with van der Waals surface area (Å²) in [5.41, 5.74) is 0.738. The molecule has 0 saturated carbocycles. The van der Waals surface area contributed by atoms with Gasteiger partial charge in [-0.3, -0.25) is 0 Å². The van der Waals surface area contributed by atoms with Crippen molar-refractivity contribution in [3.63, 3.8) is 0 Å². The summed E-state index contributed by atoms with van der Waals surface area (Å²) < 4.78 is 5.10. The minimum atomic E-state index is -0.935. The fraction of sp³-hybridized carbons (Fsp3) is 0.556. The molecule has 2 rings (SSSR count). The molecule has 1 aromatic rings. The van der Waals surface area contributed by atoms with Crippen LogP contribution in [0.4, 0.5) is 0 Å². The maximum atomic E-state index is 11.0. The van der Waals surface area contributed by atoms with Gasteiger partial charge >= 0.3 is 5.97 Å². The van der Waals surface area contributed by atoms with Crippen LogP contribution in [0.5, 0.6) is 0 Å². The Morgan fingerprint density at radius 1 is 1.71 bits per heavy atom. The van der Waals surface area contributed by atoms with Gasteiger partial charge in [-0.25, -0.2) is 4.79 Å². The lowest BCUT2D eigenvalue weighted by Crippen LogP contribution is -2.05. The van der Waals surface area contributed by atoms with Crippen molar-refractivity contribution in [3.05, 3.63) is 17.0 Å². The van der Waals surface area contributed by atoms with E-state index in [0.717, 1.165) is 17.9 Å². The second-order valence-corrected chi connectivity index (χ2v) is 4.52. The van der Waals surface area contributed by atoms with Crippen LogP contribution in [-0.4, -0.2) is 27.7 Å². The van der Waals surface area contributed by atoms with E-state index in [1.165, 1.54) is 0 Å². The molecule has 0 aliphatic carbocycles. The van der Waals surface area contributed by atoms with Crippen molar-refractivity contribution >= 4 is 17.7 Å². The molecule has 0 amide bonds. The molecule has 4 nitrogen and oxygen atoms in total. The van der Waals surface area contributed by atoms with E-state index in [1.807, 2.05) is 11.8 Å². The van der Waals surface area contributed by atoms with Gasteiger partial charge in [-0.15, -0.1) is 0 Å². The van der Waals surface area contributed by atoms with Gasteiger partial charge in [0.25, 0.3) is 0 Å². The number of carboxylic acid groups (broad SMARTS) is 1. The number of aromatic nitrogens is 1. The predicted molar refractivity (Wildman–Crippen MR) is 52.9 cm³/mol. The molecule has 0 aromatic carbocycles. The van der Waals surface area contributed by atoms with Crippen molar-refractivity contribution in [3.8, 4) is 0 Å². The van der Waals surface area contributed by atoms with Crippen molar-refractivity contribution in [1.29, 1.82) is 0 Å². The third-order valence-corrected chi connectivity index (χ3v) is 3.57. The molecule has 1 saturated heterocycles. The van der Waals surface area contributed by atoms with Crippen molar-refractivity contribution in [2.75, 3.05) is 11.5 Å². The van der Waals surface area contributed by atoms with Crippen LogP contribution in [0.15, 0.2) is 4.52 Å². The number of carbonyl (C=O) groups is 1. The molecule has 0 spiro atoms. The smallest absolute Gasteiger partial charge is 0.341 e. The van der Waals surface area contributed by atoms with Crippen molar-refractivity contribution in [2.45, 2.75) is 19.3 Å². The van der Waals surface area contributed by atoms with Crippen molar-refractivity contribution < 1.29 is 14.4 Å². The average Bonchev–Trinajstić information content (AvgIpc) is 2.70. The van der Waals surface area contributed by atoms with Crippen LogP contribution >= 0.6 is 11.8 Å². The van der Waals surface area contributed by atoms with E-state index in [1.54, 1.807) is 6.92 Å². The highest BCUT2D eigenvalue weighted by atomic mass is 32.2. The molecule has 1 aliphatic rings. The first-order valence-corrected chi connectivity index (χ1v) is 5.63. The van der Waals surface area contributed by atoms with E-state index < -0.39 is 5.97 Å². The molecule has 1 N–H and O–H groups in total. The van der Waals surface area contributed by atoms with Gasteiger partial charge in [-0.1, -0.05) is 5.16 Å². The minimum absolute atomic E-state index is 0.229. The number of carboxylic acids is 1. The molecule has 0 radical (unpaired) electrons. The molecule has 1 atom stereocenters. The highest BCUT2D eigenvalue weighted by molar-refractivity contribution is 7.99. The average molecular weight is 213 g/mol. The highest BCUT2D eigenvalue weighted by Crippen LogP contribution is 2.34. The summed E-state index contributed by atoms with van der Waals surface area (Å²) in [6.07, 6.45) is 0.986. The number of hydrogen-bond donors (Lipinski definition) is 1. The summed E-state index contributed by atoms with van der Waals surface area (Å²) in [7, 11) is 0. The Morgan fingerprint density at radius 3 is 3.07 bits per heavy atom. The molecule has 2 heterocycles.